The van der Waals surface area contributed by atoms with Crippen LogP contribution in [0, 0.1) is 5.41 Å². The summed E-state index contributed by atoms with van der Waals surface area (Å²) in [5.74, 6) is -1.48. The van der Waals surface area contributed by atoms with E-state index < -0.39 is 23.3 Å². The summed E-state index contributed by atoms with van der Waals surface area (Å²) in [6.07, 6.45) is 2.02. The van der Waals surface area contributed by atoms with Crippen LogP contribution >= 0.6 is 0 Å². The van der Waals surface area contributed by atoms with Crippen molar-refractivity contribution in [3.05, 3.63) is 35.4 Å². The van der Waals surface area contributed by atoms with Crippen molar-refractivity contribution in [1.82, 2.24) is 10.6 Å². The third-order valence-corrected chi connectivity index (χ3v) is 3.80. The number of benzene rings is 1. The molecule has 1 aromatic rings. The quantitative estimate of drug-likeness (QED) is 0.673. The number of carboxylic acids is 1. The maximum Gasteiger partial charge on any atom is 0.326 e. The number of hydrogen-bond acceptors (Lipinski definition) is 3. The molecule has 0 fully saturated rings. The Balaban J connectivity index is 2.64. The lowest BCUT2D eigenvalue weighted by atomic mass is 9.95. The van der Waals surface area contributed by atoms with Crippen molar-refractivity contribution in [3.8, 4) is 0 Å². The highest BCUT2D eigenvalue weighted by Gasteiger charge is 2.21. The summed E-state index contributed by atoms with van der Waals surface area (Å²) >= 11 is 0. The predicted molar refractivity (Wildman–Crippen MR) is 96.2 cm³/mol. The molecule has 138 valence electrons. The summed E-state index contributed by atoms with van der Waals surface area (Å²) in [7, 11) is 0. The molecule has 1 atom stereocenters. The number of carbonyl (C=O) groups is 3. The first-order valence-electron chi connectivity index (χ1n) is 8.56. The maximum atomic E-state index is 12.2. The van der Waals surface area contributed by atoms with Gasteiger partial charge in [-0.3, -0.25) is 9.59 Å². The molecule has 1 aromatic carbocycles. The van der Waals surface area contributed by atoms with Gasteiger partial charge in [0.05, 0.1) is 0 Å². The monoisotopic (exact) mass is 348 g/mol. The van der Waals surface area contributed by atoms with Crippen molar-refractivity contribution in [2.24, 2.45) is 5.41 Å². The molecule has 0 aliphatic heterocycles. The zero-order chi connectivity index (χ0) is 19.0. The summed E-state index contributed by atoms with van der Waals surface area (Å²) in [6.45, 7) is 7.87. The van der Waals surface area contributed by atoms with E-state index in [0.717, 1.165) is 18.4 Å². The highest BCUT2D eigenvalue weighted by atomic mass is 16.4. The number of hydrogen-bond donors (Lipinski definition) is 3. The molecule has 1 unspecified atom stereocenters. The van der Waals surface area contributed by atoms with E-state index in [1.54, 1.807) is 24.3 Å². The molecule has 3 N–H and O–H groups in total. The molecule has 6 nitrogen and oxygen atoms in total. The molecule has 2 amide bonds. The van der Waals surface area contributed by atoms with Gasteiger partial charge in [-0.25, -0.2) is 4.79 Å². The number of rotatable bonds is 8. The molecule has 0 spiro atoms. The molecular weight excluding hydrogens is 320 g/mol. The Kier molecular flexibility index (Phi) is 7.61. The lowest BCUT2D eigenvalue weighted by molar-refractivity contribution is -0.139. The first-order valence-corrected chi connectivity index (χ1v) is 8.56. The first kappa shape index (κ1) is 20.7. The largest absolute Gasteiger partial charge is 0.480 e. The van der Waals surface area contributed by atoms with Gasteiger partial charge in [0, 0.05) is 17.5 Å². The van der Waals surface area contributed by atoms with Crippen molar-refractivity contribution in [3.63, 3.8) is 0 Å². The molecule has 0 aromatic heterocycles. The van der Waals surface area contributed by atoms with E-state index in [1.165, 1.54) is 0 Å². The number of unbranched alkanes of at least 4 members (excludes halogenated alkanes) is 1. The van der Waals surface area contributed by atoms with Gasteiger partial charge in [-0.05, 0) is 24.1 Å². The molecule has 0 heterocycles. The number of carbonyl (C=O) groups excluding carboxylic acids is 2. The fraction of sp³-hybridized carbons (Fsp3) is 0.526. The van der Waals surface area contributed by atoms with Gasteiger partial charge < -0.3 is 15.7 Å². The average Bonchev–Trinajstić information content (AvgIpc) is 2.55. The van der Waals surface area contributed by atoms with Gasteiger partial charge in [-0.15, -0.1) is 0 Å². The van der Waals surface area contributed by atoms with E-state index in [-0.39, 0.29) is 5.91 Å². The van der Waals surface area contributed by atoms with Crippen LogP contribution in [-0.2, 0) is 16.1 Å². The van der Waals surface area contributed by atoms with Gasteiger partial charge in [-0.1, -0.05) is 52.7 Å². The van der Waals surface area contributed by atoms with E-state index in [4.69, 9.17) is 0 Å². The van der Waals surface area contributed by atoms with Crippen molar-refractivity contribution in [2.45, 2.75) is 59.5 Å². The zero-order valence-electron chi connectivity index (χ0n) is 15.4. The Hall–Kier alpha value is -2.37. The van der Waals surface area contributed by atoms with Gasteiger partial charge in [0.15, 0.2) is 0 Å². The average molecular weight is 348 g/mol. The molecule has 25 heavy (non-hydrogen) atoms. The number of aliphatic carboxylic acids is 1. The van der Waals surface area contributed by atoms with E-state index in [2.05, 4.69) is 10.6 Å². The topological polar surface area (TPSA) is 95.5 Å². The highest BCUT2D eigenvalue weighted by molar-refractivity contribution is 5.96. The zero-order valence-corrected chi connectivity index (χ0v) is 15.4. The second-order valence-electron chi connectivity index (χ2n) is 7.14. The summed E-state index contributed by atoms with van der Waals surface area (Å²) in [4.78, 5) is 35.2. The normalized spacial score (nSPS) is 12.3. The second-order valence-corrected chi connectivity index (χ2v) is 7.14. The third-order valence-electron chi connectivity index (χ3n) is 3.80. The molecular formula is C19H28N2O4. The van der Waals surface area contributed by atoms with Crippen LogP contribution in [0.4, 0.5) is 0 Å². The van der Waals surface area contributed by atoms with Gasteiger partial charge in [0.1, 0.15) is 6.04 Å². The van der Waals surface area contributed by atoms with E-state index in [9.17, 15) is 19.5 Å². The van der Waals surface area contributed by atoms with Crippen LogP contribution in [0.2, 0.25) is 0 Å². The Morgan fingerprint density at radius 3 is 2.20 bits per heavy atom. The lowest BCUT2D eigenvalue weighted by Gasteiger charge is -2.17. The molecule has 0 bridgehead atoms. The summed E-state index contributed by atoms with van der Waals surface area (Å²) in [6, 6.07) is 5.89. The van der Waals surface area contributed by atoms with Gasteiger partial charge >= 0.3 is 5.97 Å². The minimum absolute atomic E-state index is 0.0467. The smallest absolute Gasteiger partial charge is 0.326 e. The van der Waals surface area contributed by atoms with Gasteiger partial charge in [0.2, 0.25) is 5.91 Å². The van der Waals surface area contributed by atoms with E-state index >= 15 is 0 Å². The van der Waals surface area contributed by atoms with E-state index in [0.29, 0.717) is 18.5 Å². The maximum absolute atomic E-state index is 12.2. The highest BCUT2D eigenvalue weighted by Crippen LogP contribution is 2.13. The molecule has 0 radical (unpaired) electrons. The van der Waals surface area contributed by atoms with Crippen LogP contribution in [0.1, 0.15) is 62.9 Å². The molecule has 0 saturated heterocycles. The van der Waals surface area contributed by atoms with Crippen LogP contribution in [0.3, 0.4) is 0 Å². The van der Waals surface area contributed by atoms with Crippen molar-refractivity contribution in [2.75, 3.05) is 0 Å². The predicted octanol–water partition coefficient (Wildman–Crippen LogP) is 2.72. The number of nitrogens with one attached hydrogen (secondary N) is 2. The number of amides is 2. The van der Waals surface area contributed by atoms with Gasteiger partial charge in [-0.2, -0.15) is 0 Å². The lowest BCUT2D eigenvalue weighted by Crippen LogP contribution is -2.40. The Morgan fingerprint density at radius 2 is 1.72 bits per heavy atom. The Bertz CT molecular complexity index is 603. The summed E-state index contributed by atoms with van der Waals surface area (Å²) in [5, 5.41) is 14.6. The van der Waals surface area contributed by atoms with Crippen molar-refractivity contribution < 1.29 is 19.5 Å². The van der Waals surface area contributed by atoms with Crippen LogP contribution in [0.5, 0.6) is 0 Å². The van der Waals surface area contributed by atoms with Crippen LogP contribution < -0.4 is 10.6 Å². The Labute approximate surface area is 149 Å². The fourth-order valence-electron chi connectivity index (χ4n) is 2.13. The second kappa shape index (κ2) is 9.20. The third kappa shape index (κ3) is 6.95. The van der Waals surface area contributed by atoms with Crippen molar-refractivity contribution >= 4 is 17.8 Å². The van der Waals surface area contributed by atoms with Crippen LogP contribution in [0.25, 0.3) is 0 Å². The first-order chi connectivity index (χ1) is 11.6. The number of carboxylic acid groups (broad SMARTS) is 1. The standard InChI is InChI=1S/C19H28N2O4/c1-5-6-7-15(17(23)24)21-16(22)14-10-8-13(9-11-14)12-20-18(25)19(2,3)4/h8-11,15H,5-7,12H2,1-4H3,(H,20,25)(H,21,22)(H,23,24). The summed E-state index contributed by atoms with van der Waals surface area (Å²) in [5.41, 5.74) is 0.813. The van der Waals surface area contributed by atoms with Crippen LogP contribution in [-0.4, -0.2) is 28.9 Å². The SMILES string of the molecule is CCCCC(NC(=O)c1ccc(CNC(=O)C(C)(C)C)cc1)C(=O)O. The molecule has 0 aliphatic carbocycles. The van der Waals surface area contributed by atoms with Gasteiger partial charge in [0.25, 0.3) is 5.91 Å². The molecule has 0 saturated carbocycles. The van der Waals surface area contributed by atoms with E-state index in [1.807, 2.05) is 27.7 Å². The minimum atomic E-state index is -1.02. The minimum Gasteiger partial charge on any atom is -0.480 e. The van der Waals surface area contributed by atoms with Crippen molar-refractivity contribution in [1.29, 1.82) is 0 Å². The molecule has 1 rings (SSSR count). The molecule has 6 heteroatoms. The fourth-order valence-corrected chi connectivity index (χ4v) is 2.13. The van der Waals surface area contributed by atoms with Crippen LogP contribution in [0.15, 0.2) is 24.3 Å². The Morgan fingerprint density at radius 1 is 1.12 bits per heavy atom. The molecule has 0 aliphatic rings. The summed E-state index contributed by atoms with van der Waals surface area (Å²) < 4.78 is 0.